The van der Waals surface area contributed by atoms with Crippen molar-refractivity contribution in [3.63, 3.8) is 0 Å². The Morgan fingerprint density at radius 1 is 1.33 bits per heavy atom. The molecule has 116 valence electrons. The van der Waals surface area contributed by atoms with E-state index in [9.17, 15) is 4.79 Å². The number of nitrogen functional groups attached to an aromatic ring is 1. The highest BCUT2D eigenvalue weighted by molar-refractivity contribution is 5.90. The van der Waals surface area contributed by atoms with Crippen LogP contribution in [0.3, 0.4) is 0 Å². The Morgan fingerprint density at radius 2 is 2.05 bits per heavy atom. The first-order valence-electron chi connectivity index (χ1n) is 7.83. The molecular weight excluding hydrogens is 264 g/mol. The maximum absolute atomic E-state index is 11.0. The molecule has 0 aliphatic heterocycles. The molecule has 1 aliphatic rings. The van der Waals surface area contributed by atoms with Gasteiger partial charge in [0.2, 0.25) is 0 Å². The Labute approximate surface area is 126 Å². The van der Waals surface area contributed by atoms with Crippen molar-refractivity contribution in [2.75, 3.05) is 17.2 Å². The molecule has 1 aliphatic carbocycles. The average Bonchev–Trinajstić information content (AvgIpc) is 2.45. The van der Waals surface area contributed by atoms with Crippen LogP contribution >= 0.6 is 0 Å². The Balaban J connectivity index is 2.23. The van der Waals surface area contributed by atoms with E-state index in [-0.39, 0.29) is 5.56 Å². The molecule has 0 spiro atoms. The summed E-state index contributed by atoms with van der Waals surface area (Å²) in [5.41, 5.74) is 7.87. The van der Waals surface area contributed by atoms with Gasteiger partial charge in [0.25, 0.3) is 0 Å². The van der Waals surface area contributed by atoms with Crippen molar-refractivity contribution in [3.8, 4) is 0 Å². The van der Waals surface area contributed by atoms with Crippen molar-refractivity contribution in [1.82, 2.24) is 0 Å². The zero-order chi connectivity index (χ0) is 15.6. The van der Waals surface area contributed by atoms with Crippen molar-refractivity contribution < 1.29 is 9.90 Å². The average molecular weight is 290 g/mol. The first kappa shape index (κ1) is 15.7. The predicted molar refractivity (Wildman–Crippen MR) is 86.8 cm³/mol. The predicted octanol–water partition coefficient (Wildman–Crippen LogP) is 3.62. The molecule has 0 amide bonds. The van der Waals surface area contributed by atoms with E-state index in [0.717, 1.165) is 24.1 Å². The van der Waals surface area contributed by atoms with E-state index >= 15 is 0 Å². The van der Waals surface area contributed by atoms with Gasteiger partial charge in [0.05, 0.1) is 16.9 Å². The van der Waals surface area contributed by atoms with E-state index in [1.165, 1.54) is 19.3 Å². The van der Waals surface area contributed by atoms with Crippen LogP contribution < -0.4 is 10.6 Å². The Hall–Kier alpha value is -1.71. The van der Waals surface area contributed by atoms with Gasteiger partial charge >= 0.3 is 5.97 Å². The van der Waals surface area contributed by atoms with Crippen molar-refractivity contribution in [3.05, 3.63) is 23.8 Å². The molecule has 3 atom stereocenters. The first-order chi connectivity index (χ1) is 9.93. The van der Waals surface area contributed by atoms with Gasteiger partial charge in [0.1, 0.15) is 0 Å². The van der Waals surface area contributed by atoms with Crippen LogP contribution in [0.5, 0.6) is 0 Å². The highest BCUT2D eigenvalue weighted by Crippen LogP contribution is 2.36. The summed E-state index contributed by atoms with van der Waals surface area (Å²) in [5, 5.41) is 9.04. The zero-order valence-electron chi connectivity index (χ0n) is 13.2. The molecule has 4 nitrogen and oxygen atoms in total. The molecule has 2 rings (SSSR count). The molecule has 4 heteroatoms. The fraction of sp³-hybridized carbons (Fsp3) is 0.588. The number of hydrogen-bond donors (Lipinski definition) is 2. The molecule has 3 N–H and O–H groups in total. The van der Waals surface area contributed by atoms with Crippen molar-refractivity contribution in [1.29, 1.82) is 0 Å². The summed E-state index contributed by atoms with van der Waals surface area (Å²) in [6.07, 6.45) is 3.60. The number of carboxylic acids is 1. The minimum atomic E-state index is -0.934. The second-order valence-corrected chi connectivity index (χ2v) is 6.29. The lowest BCUT2D eigenvalue weighted by Gasteiger charge is -2.40. The van der Waals surface area contributed by atoms with Gasteiger partial charge in [-0.3, -0.25) is 0 Å². The Morgan fingerprint density at radius 3 is 2.57 bits per heavy atom. The molecule has 0 heterocycles. The van der Waals surface area contributed by atoms with E-state index in [1.807, 2.05) is 6.07 Å². The lowest BCUT2D eigenvalue weighted by molar-refractivity contribution is 0.0697. The number of benzene rings is 1. The van der Waals surface area contributed by atoms with Gasteiger partial charge in [0, 0.05) is 12.6 Å². The van der Waals surface area contributed by atoms with Gasteiger partial charge in [0.15, 0.2) is 0 Å². The number of hydrogen-bond acceptors (Lipinski definition) is 3. The Kier molecular flexibility index (Phi) is 4.76. The van der Waals surface area contributed by atoms with E-state index in [2.05, 4.69) is 25.7 Å². The van der Waals surface area contributed by atoms with Gasteiger partial charge in [-0.15, -0.1) is 0 Å². The van der Waals surface area contributed by atoms with Gasteiger partial charge in [-0.25, -0.2) is 4.79 Å². The SMILES string of the molecule is CCN(c1ccc(C(=O)O)cc1N)C1CCC(C)C(C)C1. The van der Waals surface area contributed by atoms with E-state index in [0.29, 0.717) is 11.7 Å². The third-order valence-electron chi connectivity index (χ3n) is 4.94. The molecule has 1 saturated carbocycles. The third-order valence-corrected chi connectivity index (χ3v) is 4.94. The van der Waals surface area contributed by atoms with Crippen LogP contribution in [0, 0.1) is 11.8 Å². The molecule has 0 aromatic heterocycles. The molecule has 3 unspecified atom stereocenters. The topological polar surface area (TPSA) is 66.6 Å². The van der Waals surface area contributed by atoms with Gasteiger partial charge < -0.3 is 15.7 Å². The molecule has 0 radical (unpaired) electrons. The molecular formula is C17H26N2O2. The molecule has 1 aromatic rings. The van der Waals surface area contributed by atoms with Crippen LogP contribution in [-0.2, 0) is 0 Å². The normalized spacial score (nSPS) is 25.6. The number of anilines is 2. The summed E-state index contributed by atoms with van der Waals surface area (Å²) in [5.74, 6) is 0.570. The summed E-state index contributed by atoms with van der Waals surface area (Å²) in [6, 6.07) is 5.56. The lowest BCUT2D eigenvalue weighted by atomic mass is 9.78. The summed E-state index contributed by atoms with van der Waals surface area (Å²) in [4.78, 5) is 13.4. The monoisotopic (exact) mass is 290 g/mol. The summed E-state index contributed by atoms with van der Waals surface area (Å²) in [7, 11) is 0. The first-order valence-corrected chi connectivity index (χ1v) is 7.83. The van der Waals surface area contributed by atoms with Crippen LogP contribution in [0.1, 0.15) is 50.4 Å². The number of carboxylic acid groups (broad SMARTS) is 1. The zero-order valence-corrected chi connectivity index (χ0v) is 13.2. The van der Waals surface area contributed by atoms with Crippen LogP contribution in [0.4, 0.5) is 11.4 Å². The van der Waals surface area contributed by atoms with E-state index < -0.39 is 5.97 Å². The van der Waals surface area contributed by atoms with Crippen molar-refractivity contribution in [2.45, 2.75) is 46.1 Å². The fourth-order valence-corrected chi connectivity index (χ4v) is 3.38. The summed E-state index contributed by atoms with van der Waals surface area (Å²) < 4.78 is 0. The highest BCUT2D eigenvalue weighted by Gasteiger charge is 2.29. The molecule has 0 saturated heterocycles. The van der Waals surface area contributed by atoms with E-state index in [1.54, 1.807) is 12.1 Å². The number of carbonyl (C=O) groups is 1. The maximum atomic E-state index is 11.0. The van der Waals surface area contributed by atoms with Gasteiger partial charge in [-0.2, -0.15) is 0 Å². The second kappa shape index (κ2) is 6.37. The largest absolute Gasteiger partial charge is 0.478 e. The maximum Gasteiger partial charge on any atom is 0.335 e. The standard InChI is InChI=1S/C17H26N2O2/c1-4-19(14-7-5-11(2)12(3)9-14)16-8-6-13(17(20)21)10-15(16)18/h6,8,10-12,14H,4-5,7,9,18H2,1-3H3,(H,20,21). The van der Waals surface area contributed by atoms with Gasteiger partial charge in [-0.05, 0) is 56.2 Å². The number of nitrogens with zero attached hydrogens (tertiary/aromatic N) is 1. The summed E-state index contributed by atoms with van der Waals surface area (Å²) >= 11 is 0. The second-order valence-electron chi connectivity index (χ2n) is 6.29. The smallest absolute Gasteiger partial charge is 0.335 e. The molecule has 1 aromatic carbocycles. The van der Waals surface area contributed by atoms with Gasteiger partial charge in [-0.1, -0.05) is 13.8 Å². The molecule has 21 heavy (non-hydrogen) atoms. The highest BCUT2D eigenvalue weighted by atomic mass is 16.4. The van der Waals surface area contributed by atoms with E-state index in [4.69, 9.17) is 10.8 Å². The summed E-state index contributed by atoms with van der Waals surface area (Å²) in [6.45, 7) is 7.67. The minimum Gasteiger partial charge on any atom is -0.478 e. The van der Waals surface area contributed by atoms with Crippen molar-refractivity contribution in [2.24, 2.45) is 11.8 Å². The van der Waals surface area contributed by atoms with Crippen LogP contribution in [0.2, 0.25) is 0 Å². The molecule has 0 bridgehead atoms. The van der Waals surface area contributed by atoms with Crippen LogP contribution in [0.25, 0.3) is 0 Å². The lowest BCUT2D eigenvalue weighted by Crippen LogP contribution is -2.40. The number of rotatable bonds is 4. The minimum absolute atomic E-state index is 0.248. The number of nitrogens with two attached hydrogens (primary N) is 1. The quantitative estimate of drug-likeness (QED) is 0.831. The third kappa shape index (κ3) is 3.31. The van der Waals surface area contributed by atoms with Crippen LogP contribution in [-0.4, -0.2) is 23.7 Å². The fourth-order valence-electron chi connectivity index (χ4n) is 3.38. The molecule has 1 fully saturated rings. The number of aromatic carboxylic acids is 1. The van der Waals surface area contributed by atoms with Crippen molar-refractivity contribution >= 4 is 17.3 Å². The van der Waals surface area contributed by atoms with Crippen LogP contribution in [0.15, 0.2) is 18.2 Å². The Bertz CT molecular complexity index is 516.